The van der Waals surface area contributed by atoms with Gasteiger partial charge in [0.2, 0.25) is 11.8 Å². The van der Waals surface area contributed by atoms with Gasteiger partial charge in [-0.05, 0) is 30.5 Å². The van der Waals surface area contributed by atoms with E-state index in [0.717, 1.165) is 43.1 Å². The number of hydrogen-bond acceptors (Lipinski definition) is 7. The average molecular weight is 412 g/mol. The number of rotatable bonds is 5. The number of hydrogen-bond donors (Lipinski definition) is 3. The first-order valence-electron chi connectivity index (χ1n) is 10.3. The fourth-order valence-corrected chi connectivity index (χ4v) is 4.76. The Labute approximate surface area is 173 Å². The van der Waals surface area contributed by atoms with Crippen LogP contribution in [0.1, 0.15) is 45.5 Å². The third-order valence-corrected chi connectivity index (χ3v) is 6.49. The van der Waals surface area contributed by atoms with Crippen molar-refractivity contribution < 1.29 is 23.9 Å². The minimum Gasteiger partial charge on any atom is -0.376 e. The topological polar surface area (TPSA) is 117 Å². The van der Waals surface area contributed by atoms with E-state index in [1.54, 1.807) is 12.1 Å². The van der Waals surface area contributed by atoms with Gasteiger partial charge in [0.15, 0.2) is 0 Å². The Bertz CT molecular complexity index is 941. The molecule has 5 rings (SSSR count). The normalized spacial score (nSPS) is 27.4. The molecule has 4 amide bonds. The highest BCUT2D eigenvalue weighted by atomic mass is 16.5. The van der Waals surface area contributed by atoms with Crippen molar-refractivity contribution in [1.29, 1.82) is 0 Å². The molecule has 9 heteroatoms. The van der Waals surface area contributed by atoms with Crippen LogP contribution >= 0.6 is 0 Å². The number of carbonyl (C=O) groups is 4. The van der Waals surface area contributed by atoms with Crippen molar-refractivity contribution in [2.75, 3.05) is 26.2 Å². The zero-order valence-corrected chi connectivity index (χ0v) is 16.5. The number of carbonyl (C=O) groups excluding carboxylic acids is 4. The first-order chi connectivity index (χ1) is 14.5. The second kappa shape index (κ2) is 7.26. The summed E-state index contributed by atoms with van der Waals surface area (Å²) in [5.74, 6) is -1.95. The number of imide groups is 2. The van der Waals surface area contributed by atoms with Gasteiger partial charge in [0.25, 0.3) is 11.8 Å². The second-order valence-electron chi connectivity index (χ2n) is 8.70. The molecule has 3 saturated heterocycles. The molecule has 4 aliphatic heterocycles. The molecule has 0 radical (unpaired) electrons. The van der Waals surface area contributed by atoms with Crippen molar-refractivity contribution in [3.8, 4) is 0 Å². The predicted octanol–water partition coefficient (Wildman–Crippen LogP) is -0.444. The van der Waals surface area contributed by atoms with Crippen molar-refractivity contribution in [2.45, 2.75) is 38.0 Å². The molecule has 0 saturated carbocycles. The average Bonchev–Trinajstić information content (AvgIpc) is 3.23. The first-order valence-corrected chi connectivity index (χ1v) is 10.3. The Balaban J connectivity index is 1.22. The van der Waals surface area contributed by atoms with Crippen LogP contribution in [0.25, 0.3) is 0 Å². The van der Waals surface area contributed by atoms with Crippen molar-refractivity contribution >= 4 is 23.6 Å². The predicted molar refractivity (Wildman–Crippen MR) is 104 cm³/mol. The van der Waals surface area contributed by atoms with E-state index in [0.29, 0.717) is 23.1 Å². The summed E-state index contributed by atoms with van der Waals surface area (Å²) in [6.07, 6.45) is 1.50. The highest BCUT2D eigenvalue weighted by Gasteiger charge is 2.45. The molecule has 3 N–H and O–H groups in total. The van der Waals surface area contributed by atoms with Crippen LogP contribution in [0.3, 0.4) is 0 Å². The molecule has 0 bridgehead atoms. The van der Waals surface area contributed by atoms with Gasteiger partial charge in [-0.25, -0.2) is 0 Å². The SMILES string of the molecule is O=C1CCC(N2C(=O)c3ccc(CNCC4CC5(CNC5)CO4)cc3C2=O)C(=O)N1. The summed E-state index contributed by atoms with van der Waals surface area (Å²) in [5, 5.41) is 8.89. The number of amides is 4. The van der Waals surface area contributed by atoms with E-state index in [9.17, 15) is 19.2 Å². The van der Waals surface area contributed by atoms with Crippen molar-refractivity contribution in [2.24, 2.45) is 5.41 Å². The number of fused-ring (bicyclic) bond motifs is 1. The van der Waals surface area contributed by atoms with Gasteiger partial charge in [-0.2, -0.15) is 0 Å². The Morgan fingerprint density at radius 3 is 2.63 bits per heavy atom. The highest BCUT2D eigenvalue weighted by Crippen LogP contribution is 2.35. The summed E-state index contributed by atoms with van der Waals surface area (Å²) in [6.45, 7) is 4.13. The van der Waals surface area contributed by atoms with Crippen LogP contribution in [0.5, 0.6) is 0 Å². The minimum absolute atomic E-state index is 0.111. The van der Waals surface area contributed by atoms with Gasteiger partial charge in [-0.3, -0.25) is 29.4 Å². The van der Waals surface area contributed by atoms with Crippen molar-refractivity contribution in [1.82, 2.24) is 20.9 Å². The molecule has 158 valence electrons. The maximum atomic E-state index is 12.9. The molecule has 30 heavy (non-hydrogen) atoms. The minimum atomic E-state index is -0.940. The van der Waals surface area contributed by atoms with E-state index >= 15 is 0 Å². The number of benzene rings is 1. The standard InChI is InChI=1S/C21H24N4O5/c26-17-4-3-16(18(27)24-17)25-19(28)14-2-1-12(5-15(14)20(25)29)7-22-8-13-6-21(11-30-13)9-23-10-21/h1-2,5,13,16,22-23H,3-4,6-11H2,(H,24,26,27). The number of piperidine rings is 1. The van der Waals surface area contributed by atoms with Crippen molar-refractivity contribution in [3.63, 3.8) is 0 Å². The van der Waals surface area contributed by atoms with Gasteiger partial charge in [-0.15, -0.1) is 0 Å². The number of ether oxygens (including phenoxy) is 1. The van der Waals surface area contributed by atoms with Gasteiger partial charge in [0.1, 0.15) is 6.04 Å². The molecule has 2 unspecified atom stereocenters. The maximum absolute atomic E-state index is 12.9. The quantitative estimate of drug-likeness (QED) is 0.561. The summed E-state index contributed by atoms with van der Waals surface area (Å²) in [6, 6.07) is 4.23. The Hall–Kier alpha value is -2.62. The Kier molecular flexibility index (Phi) is 4.68. The molecule has 1 aromatic carbocycles. The summed E-state index contributed by atoms with van der Waals surface area (Å²) >= 11 is 0. The lowest BCUT2D eigenvalue weighted by Gasteiger charge is -2.37. The third kappa shape index (κ3) is 3.23. The van der Waals surface area contributed by atoms with Crippen LogP contribution in [0.2, 0.25) is 0 Å². The van der Waals surface area contributed by atoms with Gasteiger partial charge in [0.05, 0.1) is 23.8 Å². The molecular formula is C21H24N4O5. The summed E-state index contributed by atoms with van der Waals surface area (Å²) < 4.78 is 5.88. The number of nitrogens with one attached hydrogen (secondary N) is 3. The lowest BCUT2D eigenvalue weighted by Crippen LogP contribution is -2.54. The van der Waals surface area contributed by atoms with Gasteiger partial charge >= 0.3 is 0 Å². The van der Waals surface area contributed by atoms with E-state index in [1.807, 2.05) is 6.07 Å². The van der Waals surface area contributed by atoms with Gasteiger partial charge in [-0.1, -0.05) is 6.07 Å². The lowest BCUT2D eigenvalue weighted by molar-refractivity contribution is -0.136. The van der Waals surface area contributed by atoms with E-state index in [1.165, 1.54) is 0 Å². The summed E-state index contributed by atoms with van der Waals surface area (Å²) in [7, 11) is 0. The van der Waals surface area contributed by atoms with E-state index in [-0.39, 0.29) is 24.9 Å². The lowest BCUT2D eigenvalue weighted by atomic mass is 9.80. The second-order valence-corrected chi connectivity index (χ2v) is 8.70. The third-order valence-electron chi connectivity index (χ3n) is 6.49. The molecule has 1 aromatic rings. The van der Waals surface area contributed by atoms with Crippen LogP contribution in [0.4, 0.5) is 0 Å². The molecule has 1 spiro atoms. The smallest absolute Gasteiger partial charge is 0.262 e. The fraction of sp³-hybridized carbons (Fsp3) is 0.524. The molecule has 9 nitrogen and oxygen atoms in total. The molecule has 3 fully saturated rings. The zero-order valence-electron chi connectivity index (χ0n) is 16.5. The Morgan fingerprint density at radius 2 is 1.93 bits per heavy atom. The summed E-state index contributed by atoms with van der Waals surface area (Å²) in [5.41, 5.74) is 1.80. The van der Waals surface area contributed by atoms with Crippen LogP contribution in [-0.2, 0) is 20.9 Å². The molecule has 4 aliphatic rings. The van der Waals surface area contributed by atoms with Crippen LogP contribution in [0.15, 0.2) is 18.2 Å². The number of nitrogens with zero attached hydrogens (tertiary/aromatic N) is 1. The highest BCUT2D eigenvalue weighted by molar-refractivity contribution is 6.23. The monoisotopic (exact) mass is 412 g/mol. The van der Waals surface area contributed by atoms with Crippen molar-refractivity contribution in [3.05, 3.63) is 34.9 Å². The zero-order chi connectivity index (χ0) is 20.9. The van der Waals surface area contributed by atoms with Crippen LogP contribution in [-0.4, -0.2) is 66.9 Å². The largest absolute Gasteiger partial charge is 0.376 e. The molecular weight excluding hydrogens is 388 g/mol. The van der Waals surface area contributed by atoms with E-state index in [4.69, 9.17) is 4.74 Å². The summed E-state index contributed by atoms with van der Waals surface area (Å²) in [4.78, 5) is 50.1. The van der Waals surface area contributed by atoms with Gasteiger partial charge < -0.3 is 15.4 Å². The maximum Gasteiger partial charge on any atom is 0.262 e. The van der Waals surface area contributed by atoms with Crippen LogP contribution in [0, 0.1) is 5.41 Å². The molecule has 0 aromatic heterocycles. The fourth-order valence-electron chi connectivity index (χ4n) is 4.76. The van der Waals surface area contributed by atoms with E-state index < -0.39 is 23.8 Å². The Morgan fingerprint density at radius 1 is 1.13 bits per heavy atom. The van der Waals surface area contributed by atoms with E-state index in [2.05, 4.69) is 16.0 Å². The molecule has 2 atom stereocenters. The van der Waals surface area contributed by atoms with Gasteiger partial charge in [0, 0.05) is 38.0 Å². The first kappa shape index (κ1) is 19.3. The van der Waals surface area contributed by atoms with Crippen LogP contribution < -0.4 is 16.0 Å². The molecule has 4 heterocycles. The molecule has 0 aliphatic carbocycles.